The van der Waals surface area contributed by atoms with Gasteiger partial charge in [0.1, 0.15) is 6.10 Å². The first-order valence-electron chi connectivity index (χ1n) is 12.6. The number of esters is 1. The predicted octanol–water partition coefficient (Wildman–Crippen LogP) is 6.26. The Bertz CT molecular complexity index is 477. The zero-order valence-corrected chi connectivity index (χ0v) is 19.1. The molecule has 0 amide bonds. The molecule has 29 heavy (non-hydrogen) atoms. The molecule has 0 aromatic rings. The molecule has 2 aliphatic carbocycles. The smallest absolute Gasteiger partial charge is 0.309 e. The molecule has 0 bridgehead atoms. The zero-order chi connectivity index (χ0) is 20.6. The number of ether oxygens (including phenoxy) is 3. The highest BCUT2D eigenvalue weighted by molar-refractivity contribution is 5.72. The molecule has 1 aliphatic heterocycles. The summed E-state index contributed by atoms with van der Waals surface area (Å²) < 4.78 is 18.3. The molecular formula is C25H44O4. The van der Waals surface area contributed by atoms with Gasteiger partial charge < -0.3 is 14.2 Å². The van der Waals surface area contributed by atoms with Crippen molar-refractivity contribution in [3.05, 3.63) is 0 Å². The minimum atomic E-state index is -0.0753. The number of hydrogen-bond donors (Lipinski definition) is 0. The maximum absolute atomic E-state index is 12.7. The molecule has 4 heteroatoms. The predicted molar refractivity (Wildman–Crippen MR) is 115 cm³/mol. The van der Waals surface area contributed by atoms with Crippen LogP contribution in [0.1, 0.15) is 104 Å². The van der Waals surface area contributed by atoms with Crippen molar-refractivity contribution < 1.29 is 19.0 Å². The fourth-order valence-electron chi connectivity index (χ4n) is 5.58. The van der Waals surface area contributed by atoms with E-state index in [1.807, 2.05) is 0 Å². The lowest BCUT2D eigenvalue weighted by molar-refractivity contribution is -0.257. The molecule has 0 aromatic heterocycles. The van der Waals surface area contributed by atoms with Crippen LogP contribution in [0.15, 0.2) is 0 Å². The SMILES string of the molecule is CCCCC1CO[C@H]([C@H]2CC[C@H](C(=O)OC3CCC(CCC)CC3)CC2)O[C@H]1C. The van der Waals surface area contributed by atoms with Gasteiger partial charge in [-0.15, -0.1) is 0 Å². The van der Waals surface area contributed by atoms with Gasteiger partial charge in [-0.05, 0) is 70.6 Å². The van der Waals surface area contributed by atoms with Crippen molar-refractivity contribution in [3.63, 3.8) is 0 Å². The summed E-state index contributed by atoms with van der Waals surface area (Å²) in [4.78, 5) is 12.7. The molecule has 0 aromatic carbocycles. The lowest BCUT2D eigenvalue weighted by Crippen LogP contribution is -2.43. The van der Waals surface area contributed by atoms with Gasteiger partial charge in [-0.1, -0.05) is 39.5 Å². The Kier molecular flexibility index (Phi) is 9.30. The summed E-state index contributed by atoms with van der Waals surface area (Å²) in [5, 5.41) is 0. The van der Waals surface area contributed by atoms with E-state index in [0.717, 1.165) is 51.0 Å². The van der Waals surface area contributed by atoms with Crippen LogP contribution in [0.5, 0.6) is 0 Å². The molecule has 3 aliphatic rings. The van der Waals surface area contributed by atoms with E-state index in [2.05, 4.69) is 20.8 Å². The van der Waals surface area contributed by atoms with Crippen LogP contribution in [0.3, 0.4) is 0 Å². The normalized spacial score (nSPS) is 38.5. The Morgan fingerprint density at radius 3 is 2.28 bits per heavy atom. The van der Waals surface area contributed by atoms with Crippen molar-refractivity contribution in [2.75, 3.05) is 6.61 Å². The number of rotatable bonds is 8. The summed E-state index contributed by atoms with van der Waals surface area (Å²) in [6.45, 7) is 7.53. The lowest BCUT2D eigenvalue weighted by atomic mass is 9.81. The Morgan fingerprint density at radius 1 is 0.931 bits per heavy atom. The Morgan fingerprint density at radius 2 is 1.66 bits per heavy atom. The van der Waals surface area contributed by atoms with E-state index in [4.69, 9.17) is 14.2 Å². The van der Waals surface area contributed by atoms with Crippen molar-refractivity contribution in [1.82, 2.24) is 0 Å². The van der Waals surface area contributed by atoms with E-state index < -0.39 is 0 Å². The van der Waals surface area contributed by atoms with Crippen molar-refractivity contribution in [2.24, 2.45) is 23.7 Å². The zero-order valence-electron chi connectivity index (χ0n) is 19.1. The number of unbranched alkanes of at least 4 members (excludes halogenated alkanes) is 1. The van der Waals surface area contributed by atoms with Gasteiger partial charge in [-0.3, -0.25) is 4.79 Å². The summed E-state index contributed by atoms with van der Waals surface area (Å²) in [7, 11) is 0. The third-order valence-electron chi connectivity index (χ3n) is 7.68. The second-order valence-corrected chi connectivity index (χ2v) is 9.93. The summed E-state index contributed by atoms with van der Waals surface area (Å²) in [5.74, 6) is 1.95. The first-order valence-corrected chi connectivity index (χ1v) is 12.6. The molecule has 1 unspecified atom stereocenters. The maximum Gasteiger partial charge on any atom is 0.309 e. The highest BCUT2D eigenvalue weighted by atomic mass is 16.7. The van der Waals surface area contributed by atoms with Crippen LogP contribution in [-0.4, -0.2) is 31.1 Å². The second kappa shape index (κ2) is 11.7. The molecule has 3 rings (SSSR count). The van der Waals surface area contributed by atoms with E-state index in [9.17, 15) is 4.79 Å². The van der Waals surface area contributed by atoms with Gasteiger partial charge >= 0.3 is 5.97 Å². The van der Waals surface area contributed by atoms with Crippen LogP contribution in [-0.2, 0) is 19.0 Å². The van der Waals surface area contributed by atoms with Gasteiger partial charge in [0.15, 0.2) is 6.29 Å². The molecular weight excluding hydrogens is 364 g/mol. The van der Waals surface area contributed by atoms with Crippen molar-refractivity contribution in [3.8, 4) is 0 Å². The number of carbonyl (C=O) groups excluding carboxylic acids is 1. The summed E-state index contributed by atoms with van der Waals surface area (Å²) in [6.07, 6.45) is 15.1. The molecule has 4 nitrogen and oxygen atoms in total. The maximum atomic E-state index is 12.7. The highest BCUT2D eigenvalue weighted by Crippen LogP contribution is 2.37. The van der Waals surface area contributed by atoms with Gasteiger partial charge in [0.25, 0.3) is 0 Å². The fourth-order valence-corrected chi connectivity index (χ4v) is 5.58. The van der Waals surface area contributed by atoms with E-state index in [1.165, 1.54) is 44.9 Å². The quantitative estimate of drug-likeness (QED) is 0.444. The van der Waals surface area contributed by atoms with Gasteiger partial charge in [-0.2, -0.15) is 0 Å². The lowest BCUT2D eigenvalue weighted by Gasteiger charge is -2.40. The van der Waals surface area contributed by atoms with Crippen LogP contribution in [0.25, 0.3) is 0 Å². The molecule has 3 fully saturated rings. The van der Waals surface area contributed by atoms with Crippen molar-refractivity contribution in [2.45, 2.75) is 123 Å². The molecule has 3 atom stereocenters. The first kappa shape index (κ1) is 23.1. The molecule has 1 heterocycles. The van der Waals surface area contributed by atoms with E-state index >= 15 is 0 Å². The third-order valence-corrected chi connectivity index (χ3v) is 7.68. The fraction of sp³-hybridized carbons (Fsp3) is 0.960. The highest BCUT2D eigenvalue weighted by Gasteiger charge is 2.37. The van der Waals surface area contributed by atoms with Gasteiger partial charge in [-0.25, -0.2) is 0 Å². The van der Waals surface area contributed by atoms with Gasteiger partial charge in [0, 0.05) is 11.8 Å². The molecule has 0 spiro atoms. The third kappa shape index (κ3) is 6.69. The summed E-state index contributed by atoms with van der Waals surface area (Å²) >= 11 is 0. The Balaban J connectivity index is 1.35. The second-order valence-electron chi connectivity index (χ2n) is 9.93. The molecule has 168 valence electrons. The molecule has 0 radical (unpaired) electrons. The van der Waals surface area contributed by atoms with E-state index in [0.29, 0.717) is 11.8 Å². The molecule has 2 saturated carbocycles. The van der Waals surface area contributed by atoms with Crippen LogP contribution >= 0.6 is 0 Å². The van der Waals surface area contributed by atoms with Crippen LogP contribution in [0, 0.1) is 23.7 Å². The van der Waals surface area contributed by atoms with Gasteiger partial charge in [0.05, 0.1) is 18.6 Å². The minimum absolute atomic E-state index is 0.0564. The molecule has 0 N–H and O–H groups in total. The number of carbonyl (C=O) groups is 1. The monoisotopic (exact) mass is 408 g/mol. The summed E-state index contributed by atoms with van der Waals surface area (Å²) in [6, 6.07) is 0. The molecule has 1 saturated heterocycles. The van der Waals surface area contributed by atoms with Crippen molar-refractivity contribution >= 4 is 5.97 Å². The topological polar surface area (TPSA) is 44.8 Å². The average molecular weight is 409 g/mol. The van der Waals surface area contributed by atoms with E-state index in [-0.39, 0.29) is 30.4 Å². The minimum Gasteiger partial charge on any atom is -0.462 e. The first-order chi connectivity index (χ1) is 14.1. The summed E-state index contributed by atoms with van der Waals surface area (Å²) in [5.41, 5.74) is 0. The largest absolute Gasteiger partial charge is 0.462 e. The standard InChI is InChI=1S/C25H44O4/c1-4-6-8-22-17-27-25(28-18(22)3)21-13-11-20(12-14-21)24(26)29-23-15-9-19(7-5-2)10-16-23/h18-23,25H,4-17H2,1-3H3/t18-,19?,20-,21-,22?,23?,25-/m0/s1. The Hall–Kier alpha value is -0.610. The van der Waals surface area contributed by atoms with E-state index in [1.54, 1.807) is 0 Å². The van der Waals surface area contributed by atoms with Crippen LogP contribution in [0.4, 0.5) is 0 Å². The average Bonchev–Trinajstić information content (AvgIpc) is 2.74. The van der Waals surface area contributed by atoms with Gasteiger partial charge in [0.2, 0.25) is 0 Å². The van der Waals surface area contributed by atoms with Crippen molar-refractivity contribution in [1.29, 1.82) is 0 Å². The van der Waals surface area contributed by atoms with Crippen LogP contribution in [0.2, 0.25) is 0 Å². The van der Waals surface area contributed by atoms with Crippen LogP contribution < -0.4 is 0 Å². The number of hydrogen-bond acceptors (Lipinski definition) is 4. The Labute approximate surface area is 178 Å².